The van der Waals surface area contributed by atoms with Crippen LogP contribution in [0, 0.1) is 5.82 Å². The highest BCUT2D eigenvalue weighted by Crippen LogP contribution is 2.36. The third-order valence-corrected chi connectivity index (χ3v) is 6.11. The first-order valence-corrected chi connectivity index (χ1v) is 10.5. The van der Waals surface area contributed by atoms with Gasteiger partial charge >= 0.3 is 0 Å². The summed E-state index contributed by atoms with van der Waals surface area (Å²) in [6.07, 6.45) is -0.842. The molecule has 1 aromatic carbocycles. The molecule has 1 atom stereocenters. The number of likely N-dealkylation sites (tertiary alicyclic amines) is 1. The molecule has 0 radical (unpaired) electrons. The van der Waals surface area contributed by atoms with E-state index in [9.17, 15) is 18.4 Å². The number of benzene rings is 1. The van der Waals surface area contributed by atoms with Crippen molar-refractivity contribution in [3.05, 3.63) is 52.5 Å². The Hall–Kier alpha value is -3.38. The van der Waals surface area contributed by atoms with Crippen molar-refractivity contribution in [3.63, 3.8) is 0 Å². The minimum Gasteiger partial charge on any atom is -0.382 e. The number of alkyl halides is 1. The number of thiazole rings is 1. The van der Waals surface area contributed by atoms with Gasteiger partial charge in [0.2, 0.25) is 17.5 Å². The number of amides is 1. The highest BCUT2D eigenvalue weighted by atomic mass is 32.1. The maximum Gasteiger partial charge on any atom is 0.244 e. The lowest BCUT2D eigenvalue weighted by atomic mass is 10.1. The first-order chi connectivity index (χ1) is 15.2. The van der Waals surface area contributed by atoms with E-state index in [2.05, 4.69) is 10.1 Å². The number of hydrogen-bond acceptors (Lipinski definition) is 9. The zero-order valence-corrected chi connectivity index (χ0v) is 17.8. The summed E-state index contributed by atoms with van der Waals surface area (Å²) in [5.74, 6) is -1.70. The van der Waals surface area contributed by atoms with Gasteiger partial charge < -0.3 is 20.9 Å². The van der Waals surface area contributed by atoms with E-state index in [1.165, 1.54) is 35.2 Å². The highest BCUT2D eigenvalue weighted by molar-refractivity contribution is 7.18. The summed E-state index contributed by atoms with van der Waals surface area (Å²) in [6, 6.07) is 6.04. The number of anilines is 3. The molecule has 2 aromatic heterocycles. The topological polar surface area (TPSA) is 132 Å². The summed E-state index contributed by atoms with van der Waals surface area (Å²) < 4.78 is 31.5. The largest absolute Gasteiger partial charge is 0.382 e. The molecule has 1 unspecified atom stereocenters. The van der Waals surface area contributed by atoms with Crippen molar-refractivity contribution in [3.8, 4) is 0 Å². The second-order valence-electron chi connectivity index (χ2n) is 7.44. The predicted octanol–water partition coefficient (Wildman–Crippen LogP) is 2.25. The molecule has 32 heavy (non-hydrogen) atoms. The molecule has 9 nitrogen and oxygen atoms in total. The summed E-state index contributed by atoms with van der Waals surface area (Å²) in [6.45, 7) is 2.57. The average molecular weight is 462 g/mol. The van der Waals surface area contributed by atoms with Gasteiger partial charge in [-0.2, -0.15) is 0 Å². The quantitative estimate of drug-likeness (QED) is 0.487. The Morgan fingerprint density at radius 1 is 1.34 bits per heavy atom. The van der Waals surface area contributed by atoms with Gasteiger partial charge in [0.25, 0.3) is 0 Å². The van der Waals surface area contributed by atoms with Crippen molar-refractivity contribution < 1.29 is 22.9 Å². The van der Waals surface area contributed by atoms with Crippen LogP contribution in [-0.4, -0.2) is 52.0 Å². The number of hydrogen-bond donors (Lipinski definition) is 2. The minimum absolute atomic E-state index is 0.0319. The van der Waals surface area contributed by atoms with Gasteiger partial charge in [-0.05, 0) is 31.2 Å². The number of rotatable bonds is 8. The van der Waals surface area contributed by atoms with Crippen LogP contribution in [0.15, 0.2) is 34.9 Å². The molecule has 12 heteroatoms. The lowest BCUT2D eigenvalue weighted by Crippen LogP contribution is -2.47. The van der Waals surface area contributed by atoms with Crippen LogP contribution in [0.5, 0.6) is 0 Å². The van der Waals surface area contributed by atoms with Crippen LogP contribution in [0.2, 0.25) is 0 Å². The summed E-state index contributed by atoms with van der Waals surface area (Å²) in [4.78, 5) is 32.5. The Bertz CT molecular complexity index is 1140. The van der Waals surface area contributed by atoms with Crippen molar-refractivity contribution in [1.82, 2.24) is 15.0 Å². The van der Waals surface area contributed by atoms with Gasteiger partial charge in [0.15, 0.2) is 5.13 Å². The van der Waals surface area contributed by atoms with Crippen molar-refractivity contribution in [2.45, 2.75) is 25.7 Å². The molecule has 4 rings (SSSR count). The number of aromatic nitrogens is 2. The fourth-order valence-electron chi connectivity index (χ4n) is 3.28. The van der Waals surface area contributed by atoms with Gasteiger partial charge in [-0.15, -0.1) is 0 Å². The molecule has 0 bridgehead atoms. The fraction of sp³-hybridized carbons (Fsp3) is 0.300. The number of ketones is 1. The van der Waals surface area contributed by atoms with Crippen molar-refractivity contribution in [2.75, 3.05) is 23.7 Å². The number of nitrogens with zero attached hydrogens (tertiary/aromatic N) is 4. The van der Waals surface area contributed by atoms with Crippen LogP contribution < -0.4 is 16.4 Å². The number of nitrogens with two attached hydrogens (primary N) is 2. The summed E-state index contributed by atoms with van der Waals surface area (Å²) in [7, 11) is 0. The lowest BCUT2D eigenvalue weighted by molar-refractivity contribution is -0.118. The molecule has 3 aromatic rings. The average Bonchev–Trinajstić information content (AvgIpc) is 3.34. The summed E-state index contributed by atoms with van der Waals surface area (Å²) >= 11 is 0.945. The number of carbonyl (C=O) groups excluding carboxylic acids is 2. The second-order valence-corrected chi connectivity index (χ2v) is 8.42. The van der Waals surface area contributed by atoms with Crippen LogP contribution in [-0.2, 0) is 11.3 Å². The van der Waals surface area contributed by atoms with Crippen LogP contribution in [0.1, 0.15) is 28.0 Å². The molecule has 0 saturated carbocycles. The van der Waals surface area contributed by atoms with Gasteiger partial charge in [0, 0.05) is 31.4 Å². The molecule has 0 aliphatic carbocycles. The van der Waals surface area contributed by atoms with Gasteiger partial charge in [-0.25, -0.2) is 13.8 Å². The van der Waals surface area contributed by atoms with Crippen LogP contribution in [0.25, 0.3) is 0 Å². The lowest BCUT2D eigenvalue weighted by Gasteiger charge is -2.33. The Morgan fingerprint density at radius 3 is 2.66 bits per heavy atom. The van der Waals surface area contributed by atoms with E-state index < -0.39 is 29.7 Å². The maximum absolute atomic E-state index is 13.4. The van der Waals surface area contributed by atoms with E-state index in [1.54, 1.807) is 6.92 Å². The van der Waals surface area contributed by atoms with E-state index in [4.69, 9.17) is 16.0 Å². The fourth-order valence-corrected chi connectivity index (χ4v) is 4.32. The number of nitrogen functional groups attached to an aromatic ring is 1. The normalized spacial score (nSPS) is 15.3. The highest BCUT2D eigenvalue weighted by Gasteiger charge is 2.30. The molecule has 3 heterocycles. The smallest absolute Gasteiger partial charge is 0.244 e. The van der Waals surface area contributed by atoms with Gasteiger partial charge in [0.1, 0.15) is 28.7 Å². The van der Waals surface area contributed by atoms with Crippen molar-refractivity contribution >= 4 is 39.7 Å². The van der Waals surface area contributed by atoms with Crippen molar-refractivity contribution in [2.24, 2.45) is 5.73 Å². The number of carbonyl (C=O) groups is 2. The Balaban J connectivity index is 1.60. The molecule has 0 spiro atoms. The monoisotopic (exact) mass is 462 g/mol. The third kappa shape index (κ3) is 4.32. The van der Waals surface area contributed by atoms with Crippen LogP contribution in [0.4, 0.5) is 25.4 Å². The molecule has 1 fully saturated rings. The third-order valence-electron chi connectivity index (χ3n) is 5.04. The predicted molar refractivity (Wildman–Crippen MR) is 114 cm³/mol. The molecular weight excluding hydrogens is 442 g/mol. The maximum atomic E-state index is 13.4. The van der Waals surface area contributed by atoms with E-state index in [0.717, 1.165) is 11.3 Å². The van der Waals surface area contributed by atoms with E-state index >= 15 is 0 Å². The van der Waals surface area contributed by atoms with Crippen LogP contribution >= 0.6 is 11.3 Å². The molecule has 1 saturated heterocycles. The zero-order valence-electron chi connectivity index (χ0n) is 17.0. The summed E-state index contributed by atoms with van der Waals surface area (Å²) in [5.41, 5.74) is 12.4. The van der Waals surface area contributed by atoms with E-state index in [-0.39, 0.29) is 21.6 Å². The Labute approximate surface area is 185 Å². The summed E-state index contributed by atoms with van der Waals surface area (Å²) in [5, 5.41) is 4.10. The molecule has 1 aliphatic rings. The molecule has 4 N–H and O–H groups in total. The standard InChI is InChI=1S/C20H20F2N6O3S/c1-10(19(24)30)28(14-4-2-11(21)3-5-14)20-25-18(23)17(32-20)16(29)15-6-13(26-31-15)9-27-7-12(22)8-27/h2-6,10,12H,7-9,23H2,1H3,(H2,24,30). The first kappa shape index (κ1) is 21.8. The zero-order chi connectivity index (χ0) is 23.0. The number of halogens is 2. The molecule has 168 valence electrons. The van der Waals surface area contributed by atoms with Crippen LogP contribution in [0.3, 0.4) is 0 Å². The van der Waals surface area contributed by atoms with Gasteiger partial charge in [0.05, 0.1) is 5.69 Å². The van der Waals surface area contributed by atoms with Gasteiger partial charge in [-0.3, -0.25) is 14.5 Å². The van der Waals surface area contributed by atoms with Gasteiger partial charge in [-0.1, -0.05) is 16.5 Å². The molecular formula is C20H20F2N6O3S. The van der Waals surface area contributed by atoms with E-state index in [1.807, 2.05) is 4.90 Å². The molecule has 1 amide bonds. The second kappa shape index (κ2) is 8.63. The van der Waals surface area contributed by atoms with Crippen molar-refractivity contribution in [1.29, 1.82) is 0 Å². The van der Waals surface area contributed by atoms with E-state index in [0.29, 0.717) is 31.0 Å². The first-order valence-electron chi connectivity index (χ1n) is 9.70. The minimum atomic E-state index is -0.846. The SMILES string of the molecule is CC(C(N)=O)N(c1ccc(F)cc1)c1nc(N)c(C(=O)c2cc(CN3CC(F)C3)no2)s1. The Kier molecular flexibility index (Phi) is 5.89. The Morgan fingerprint density at radius 2 is 2.03 bits per heavy atom. The molecule has 1 aliphatic heterocycles. The number of primary amides is 1.